The first-order chi connectivity index (χ1) is 9.54. The minimum atomic E-state index is -0.339. The molecule has 0 saturated heterocycles. The van der Waals surface area contributed by atoms with Gasteiger partial charge in [-0.2, -0.15) is 11.8 Å². The van der Waals surface area contributed by atoms with Crippen LogP contribution in [0.2, 0.25) is 0 Å². The summed E-state index contributed by atoms with van der Waals surface area (Å²) < 4.78 is 0. The van der Waals surface area contributed by atoms with Crippen LogP contribution in [0.15, 0.2) is 0 Å². The molecule has 20 heavy (non-hydrogen) atoms. The molecule has 1 aliphatic carbocycles. The highest BCUT2D eigenvalue weighted by atomic mass is 32.2. The largest absolute Gasteiger partial charge is 0.393 e. The van der Waals surface area contributed by atoms with Crippen molar-refractivity contribution in [3.8, 4) is 0 Å². The normalized spacial score (nSPS) is 24.4. The van der Waals surface area contributed by atoms with Crippen LogP contribution in [-0.2, 0) is 0 Å². The van der Waals surface area contributed by atoms with Crippen molar-refractivity contribution in [2.24, 2.45) is 5.92 Å². The van der Waals surface area contributed by atoms with E-state index in [2.05, 4.69) is 17.6 Å². The van der Waals surface area contributed by atoms with Crippen LogP contribution in [0.5, 0.6) is 0 Å². The Balaban J connectivity index is 2.26. The number of hydrogen-bond donors (Lipinski definition) is 3. The molecule has 0 aromatic heterocycles. The number of rotatable bonds is 7. The maximum Gasteiger partial charge on any atom is 0.315 e. The van der Waals surface area contributed by atoms with E-state index in [1.807, 2.05) is 25.6 Å². The first kappa shape index (κ1) is 17.6. The molecule has 0 aliphatic heterocycles. The molecule has 3 atom stereocenters. The molecule has 0 heterocycles. The summed E-state index contributed by atoms with van der Waals surface area (Å²) in [6, 6.07) is 0.207. The molecule has 3 unspecified atom stereocenters. The number of hydrogen-bond acceptors (Lipinski definition) is 3. The van der Waals surface area contributed by atoms with E-state index in [0.29, 0.717) is 24.3 Å². The van der Waals surface area contributed by atoms with Crippen molar-refractivity contribution in [3.63, 3.8) is 0 Å². The summed E-state index contributed by atoms with van der Waals surface area (Å²) in [5.41, 5.74) is 0. The molecule has 0 spiro atoms. The van der Waals surface area contributed by atoms with Crippen LogP contribution >= 0.6 is 11.8 Å². The standard InChI is InChI=1S/C15H30N2O2S/c1-4-20-14-8-6-5-7-12(14)17-15(19)16-10-9-13(18)11(2)3/h11-14,18H,4-10H2,1-3H3,(H2,16,17,19). The van der Waals surface area contributed by atoms with E-state index in [-0.39, 0.29) is 18.1 Å². The lowest BCUT2D eigenvalue weighted by atomic mass is 9.95. The third-order valence-electron chi connectivity index (χ3n) is 3.89. The SMILES string of the molecule is CCSC1CCCCC1NC(=O)NCCC(O)C(C)C. The third kappa shape index (κ3) is 6.35. The molecule has 0 aromatic carbocycles. The fourth-order valence-electron chi connectivity index (χ4n) is 2.56. The average molecular weight is 302 g/mol. The van der Waals surface area contributed by atoms with E-state index in [1.165, 1.54) is 19.3 Å². The van der Waals surface area contributed by atoms with Crippen molar-refractivity contribution in [1.82, 2.24) is 10.6 Å². The second-order valence-electron chi connectivity index (χ2n) is 5.89. The number of urea groups is 1. The van der Waals surface area contributed by atoms with Gasteiger partial charge >= 0.3 is 6.03 Å². The number of aliphatic hydroxyl groups excluding tert-OH is 1. The zero-order chi connectivity index (χ0) is 15.0. The molecule has 0 radical (unpaired) electrons. The van der Waals surface area contributed by atoms with Crippen molar-refractivity contribution < 1.29 is 9.90 Å². The molecule has 5 heteroatoms. The van der Waals surface area contributed by atoms with E-state index >= 15 is 0 Å². The molecule has 1 fully saturated rings. The molecule has 1 rings (SSSR count). The summed E-state index contributed by atoms with van der Waals surface area (Å²) >= 11 is 1.95. The predicted molar refractivity (Wildman–Crippen MR) is 86.2 cm³/mol. The third-order valence-corrected chi connectivity index (χ3v) is 5.22. The zero-order valence-corrected chi connectivity index (χ0v) is 13.8. The Kier molecular flexibility index (Phi) is 8.38. The van der Waals surface area contributed by atoms with Gasteiger partial charge in [-0.3, -0.25) is 0 Å². The summed E-state index contributed by atoms with van der Waals surface area (Å²) in [4.78, 5) is 11.9. The number of carbonyl (C=O) groups excluding carboxylic acids is 1. The lowest BCUT2D eigenvalue weighted by Crippen LogP contribution is -2.48. The average Bonchev–Trinajstić information content (AvgIpc) is 2.41. The van der Waals surface area contributed by atoms with Gasteiger partial charge in [0.05, 0.1) is 6.10 Å². The van der Waals surface area contributed by atoms with Crippen LogP contribution in [0.4, 0.5) is 4.79 Å². The lowest BCUT2D eigenvalue weighted by Gasteiger charge is -2.31. The van der Waals surface area contributed by atoms with Crippen LogP contribution in [-0.4, -0.2) is 40.8 Å². The molecule has 1 aliphatic rings. The number of amides is 2. The first-order valence-electron chi connectivity index (χ1n) is 7.88. The van der Waals surface area contributed by atoms with Crippen LogP contribution in [0.1, 0.15) is 52.9 Å². The lowest BCUT2D eigenvalue weighted by molar-refractivity contribution is 0.116. The van der Waals surface area contributed by atoms with Gasteiger partial charge in [-0.25, -0.2) is 4.79 Å². The molecular formula is C15H30N2O2S. The van der Waals surface area contributed by atoms with E-state index in [0.717, 1.165) is 12.2 Å². The van der Waals surface area contributed by atoms with E-state index in [9.17, 15) is 9.90 Å². The first-order valence-corrected chi connectivity index (χ1v) is 8.93. The van der Waals surface area contributed by atoms with Crippen LogP contribution in [0.3, 0.4) is 0 Å². The van der Waals surface area contributed by atoms with E-state index in [1.54, 1.807) is 0 Å². The zero-order valence-electron chi connectivity index (χ0n) is 13.0. The van der Waals surface area contributed by atoms with Crippen molar-refractivity contribution in [2.75, 3.05) is 12.3 Å². The monoisotopic (exact) mass is 302 g/mol. The van der Waals surface area contributed by atoms with Crippen LogP contribution < -0.4 is 10.6 Å². The van der Waals surface area contributed by atoms with Gasteiger partial charge in [-0.1, -0.05) is 33.6 Å². The summed E-state index contributed by atoms with van der Waals surface area (Å²) in [6.07, 6.45) is 5.04. The van der Waals surface area contributed by atoms with E-state index in [4.69, 9.17) is 0 Å². The molecule has 1 saturated carbocycles. The summed E-state index contributed by atoms with van der Waals surface area (Å²) in [6.45, 7) is 6.67. The number of aliphatic hydroxyl groups is 1. The second-order valence-corrected chi connectivity index (χ2v) is 7.40. The molecule has 118 valence electrons. The van der Waals surface area contributed by atoms with Crippen molar-refractivity contribution in [2.45, 2.75) is 70.3 Å². The van der Waals surface area contributed by atoms with Crippen molar-refractivity contribution in [1.29, 1.82) is 0 Å². The highest BCUT2D eigenvalue weighted by Gasteiger charge is 2.26. The molecule has 0 aromatic rings. The Morgan fingerprint density at radius 3 is 2.70 bits per heavy atom. The fourth-order valence-corrected chi connectivity index (χ4v) is 3.76. The van der Waals surface area contributed by atoms with Gasteiger partial charge < -0.3 is 15.7 Å². The predicted octanol–water partition coefficient (Wildman–Crippen LogP) is 2.76. The van der Waals surface area contributed by atoms with Crippen LogP contribution in [0.25, 0.3) is 0 Å². The maximum absolute atomic E-state index is 11.9. The Bertz CT molecular complexity index is 285. The fraction of sp³-hybridized carbons (Fsp3) is 0.933. The van der Waals surface area contributed by atoms with Gasteiger partial charge in [0.25, 0.3) is 0 Å². The van der Waals surface area contributed by atoms with Crippen LogP contribution in [0, 0.1) is 5.92 Å². The molecule has 2 amide bonds. The molecular weight excluding hydrogens is 272 g/mol. The number of nitrogens with one attached hydrogen (secondary N) is 2. The van der Waals surface area contributed by atoms with Gasteiger partial charge in [0, 0.05) is 17.8 Å². The molecule has 0 bridgehead atoms. The van der Waals surface area contributed by atoms with Gasteiger partial charge in [0.2, 0.25) is 0 Å². The Hall–Kier alpha value is -0.420. The quantitative estimate of drug-likeness (QED) is 0.677. The minimum Gasteiger partial charge on any atom is -0.393 e. The second kappa shape index (κ2) is 9.50. The Labute approximate surface area is 127 Å². The molecule has 3 N–H and O–H groups in total. The maximum atomic E-state index is 11.9. The van der Waals surface area contributed by atoms with E-state index < -0.39 is 0 Å². The van der Waals surface area contributed by atoms with Gasteiger partial charge in [0.1, 0.15) is 0 Å². The number of thioether (sulfide) groups is 1. The highest BCUT2D eigenvalue weighted by molar-refractivity contribution is 7.99. The van der Waals surface area contributed by atoms with Crippen molar-refractivity contribution in [3.05, 3.63) is 0 Å². The van der Waals surface area contributed by atoms with Gasteiger partial charge in [-0.05, 0) is 30.9 Å². The number of carbonyl (C=O) groups is 1. The molecule has 4 nitrogen and oxygen atoms in total. The summed E-state index contributed by atoms with van der Waals surface area (Å²) in [5.74, 6) is 1.34. The summed E-state index contributed by atoms with van der Waals surface area (Å²) in [7, 11) is 0. The smallest absolute Gasteiger partial charge is 0.315 e. The highest BCUT2D eigenvalue weighted by Crippen LogP contribution is 2.28. The van der Waals surface area contributed by atoms with Gasteiger partial charge in [0.15, 0.2) is 0 Å². The van der Waals surface area contributed by atoms with Crippen molar-refractivity contribution >= 4 is 17.8 Å². The topological polar surface area (TPSA) is 61.4 Å². The minimum absolute atomic E-state index is 0.0884. The Morgan fingerprint density at radius 1 is 1.35 bits per heavy atom. The van der Waals surface area contributed by atoms with Gasteiger partial charge in [-0.15, -0.1) is 0 Å². The summed E-state index contributed by atoms with van der Waals surface area (Å²) in [5, 5.41) is 16.2. The Morgan fingerprint density at radius 2 is 2.05 bits per heavy atom.